The minimum absolute atomic E-state index is 0.205. The predicted octanol–water partition coefficient (Wildman–Crippen LogP) is 1.67. The zero-order chi connectivity index (χ0) is 12.1. The van der Waals surface area contributed by atoms with Crippen LogP contribution in [0.4, 0.5) is 0 Å². The van der Waals surface area contributed by atoms with Crippen LogP contribution in [0.5, 0.6) is 0 Å². The molecule has 1 atom stereocenters. The van der Waals surface area contributed by atoms with Crippen molar-refractivity contribution in [2.45, 2.75) is 44.9 Å². The van der Waals surface area contributed by atoms with Crippen LogP contribution in [0.25, 0.3) is 0 Å². The topological polar surface area (TPSA) is 60.2 Å². The minimum atomic E-state index is -2.95. The van der Waals surface area contributed by atoms with Gasteiger partial charge in [0, 0.05) is 11.8 Å². The van der Waals surface area contributed by atoms with Gasteiger partial charge in [0.2, 0.25) is 0 Å². The zero-order valence-electron chi connectivity index (χ0n) is 10.1. The van der Waals surface area contributed by atoms with E-state index in [0.717, 1.165) is 12.2 Å². The molecule has 92 valence electrons. The van der Waals surface area contributed by atoms with Gasteiger partial charge in [0.1, 0.15) is 0 Å². The first kappa shape index (κ1) is 15.3. The van der Waals surface area contributed by atoms with Crippen molar-refractivity contribution in [3.63, 3.8) is 0 Å². The first-order chi connectivity index (χ1) is 6.67. The number of hydrogen-bond acceptors (Lipinski definition) is 4. The molecule has 0 bridgehead atoms. The highest BCUT2D eigenvalue weighted by molar-refractivity contribution is 8.00. The molecule has 0 aliphatic carbocycles. The predicted molar refractivity (Wildman–Crippen MR) is 69.1 cm³/mol. The zero-order valence-corrected chi connectivity index (χ0v) is 11.7. The van der Waals surface area contributed by atoms with Crippen LogP contribution >= 0.6 is 11.8 Å². The van der Waals surface area contributed by atoms with Gasteiger partial charge < -0.3 is 5.73 Å². The molecule has 0 aliphatic rings. The van der Waals surface area contributed by atoms with Gasteiger partial charge in [-0.15, -0.1) is 0 Å². The summed E-state index contributed by atoms with van der Waals surface area (Å²) >= 11 is 1.67. The van der Waals surface area contributed by atoms with Gasteiger partial charge in [0.05, 0.1) is 10.5 Å². The Hall–Kier alpha value is 0.260. The van der Waals surface area contributed by atoms with Crippen LogP contribution in [0.2, 0.25) is 0 Å². The molecule has 0 aromatic carbocycles. The first-order valence-corrected chi connectivity index (χ1v) is 8.03. The Kier molecular flexibility index (Phi) is 6.21. The van der Waals surface area contributed by atoms with E-state index in [4.69, 9.17) is 5.73 Å². The van der Waals surface area contributed by atoms with Gasteiger partial charge in [0.25, 0.3) is 0 Å². The first-order valence-electron chi connectivity index (χ1n) is 5.22. The molecule has 1 unspecified atom stereocenters. The maximum absolute atomic E-state index is 11.7. The molecule has 0 amide bonds. The second kappa shape index (κ2) is 6.11. The van der Waals surface area contributed by atoms with E-state index in [2.05, 4.69) is 0 Å². The molecular formula is C10H23NO2S2. The maximum Gasteiger partial charge on any atom is 0.155 e. The Balaban J connectivity index is 3.78. The average Bonchev–Trinajstić information content (AvgIpc) is 2.00. The lowest BCUT2D eigenvalue weighted by atomic mass is 10.3. The molecule has 0 heterocycles. The van der Waals surface area contributed by atoms with Crippen molar-refractivity contribution in [3.05, 3.63) is 0 Å². The third-order valence-electron chi connectivity index (χ3n) is 2.15. The summed E-state index contributed by atoms with van der Waals surface area (Å²) in [7, 11) is -2.95. The smallest absolute Gasteiger partial charge is 0.155 e. The molecule has 3 nitrogen and oxygen atoms in total. The molecule has 15 heavy (non-hydrogen) atoms. The second-order valence-electron chi connectivity index (χ2n) is 4.81. The SMILES string of the molecule is CC(N)CCSCCS(=O)(=O)C(C)(C)C. The lowest BCUT2D eigenvalue weighted by Crippen LogP contribution is -2.31. The van der Waals surface area contributed by atoms with Crippen molar-refractivity contribution < 1.29 is 8.42 Å². The van der Waals surface area contributed by atoms with E-state index in [-0.39, 0.29) is 11.8 Å². The van der Waals surface area contributed by atoms with Gasteiger partial charge in [-0.2, -0.15) is 11.8 Å². The van der Waals surface area contributed by atoms with E-state index >= 15 is 0 Å². The molecule has 0 saturated carbocycles. The van der Waals surface area contributed by atoms with Gasteiger partial charge >= 0.3 is 0 Å². The molecule has 0 saturated heterocycles. The standard InChI is InChI=1S/C10H23NO2S2/c1-9(11)5-6-14-7-8-15(12,13)10(2,3)4/h9H,5-8,11H2,1-4H3. The summed E-state index contributed by atoms with van der Waals surface area (Å²) in [6.07, 6.45) is 0.945. The monoisotopic (exact) mass is 253 g/mol. The molecule has 2 N–H and O–H groups in total. The van der Waals surface area contributed by atoms with Crippen molar-refractivity contribution in [3.8, 4) is 0 Å². The van der Waals surface area contributed by atoms with Crippen molar-refractivity contribution in [2.75, 3.05) is 17.3 Å². The number of rotatable bonds is 6. The van der Waals surface area contributed by atoms with E-state index in [1.807, 2.05) is 6.92 Å². The van der Waals surface area contributed by atoms with E-state index in [0.29, 0.717) is 5.75 Å². The fourth-order valence-electron chi connectivity index (χ4n) is 0.846. The summed E-state index contributed by atoms with van der Waals surface area (Å²) in [5.41, 5.74) is 5.60. The second-order valence-corrected chi connectivity index (χ2v) is 8.90. The normalized spacial score (nSPS) is 15.3. The molecule has 0 fully saturated rings. The number of nitrogens with two attached hydrogens (primary N) is 1. The van der Waals surface area contributed by atoms with Gasteiger partial charge in [-0.05, 0) is 39.9 Å². The van der Waals surface area contributed by atoms with Crippen molar-refractivity contribution >= 4 is 21.6 Å². The number of hydrogen-bond donors (Lipinski definition) is 1. The molecule has 0 spiro atoms. The van der Waals surface area contributed by atoms with Crippen LogP contribution in [0.15, 0.2) is 0 Å². The Morgan fingerprint density at radius 2 is 1.80 bits per heavy atom. The van der Waals surface area contributed by atoms with Crippen LogP contribution < -0.4 is 5.73 Å². The van der Waals surface area contributed by atoms with Crippen LogP contribution in [-0.4, -0.2) is 36.5 Å². The Morgan fingerprint density at radius 1 is 1.27 bits per heavy atom. The summed E-state index contributed by atoms with van der Waals surface area (Å²) in [4.78, 5) is 0. The number of thioether (sulfide) groups is 1. The van der Waals surface area contributed by atoms with Gasteiger partial charge in [-0.25, -0.2) is 8.42 Å². The molecule has 0 radical (unpaired) electrons. The minimum Gasteiger partial charge on any atom is -0.328 e. The third kappa shape index (κ3) is 6.43. The Labute approximate surface area is 98.1 Å². The highest BCUT2D eigenvalue weighted by atomic mass is 32.2. The van der Waals surface area contributed by atoms with E-state index in [9.17, 15) is 8.42 Å². The molecule has 5 heteroatoms. The molecule has 0 aromatic heterocycles. The quantitative estimate of drug-likeness (QED) is 0.732. The van der Waals surface area contributed by atoms with Crippen LogP contribution in [0.1, 0.15) is 34.1 Å². The maximum atomic E-state index is 11.7. The Morgan fingerprint density at radius 3 is 2.20 bits per heavy atom. The van der Waals surface area contributed by atoms with Crippen LogP contribution in [0, 0.1) is 0 Å². The van der Waals surface area contributed by atoms with Crippen molar-refractivity contribution in [1.29, 1.82) is 0 Å². The van der Waals surface area contributed by atoms with Gasteiger partial charge in [0.15, 0.2) is 9.84 Å². The number of sulfone groups is 1. The van der Waals surface area contributed by atoms with Crippen molar-refractivity contribution in [2.24, 2.45) is 5.73 Å². The summed E-state index contributed by atoms with van der Waals surface area (Å²) in [6.45, 7) is 7.20. The van der Waals surface area contributed by atoms with E-state index < -0.39 is 14.6 Å². The van der Waals surface area contributed by atoms with Crippen molar-refractivity contribution in [1.82, 2.24) is 0 Å². The molecule has 0 aliphatic heterocycles. The molecule has 0 aromatic rings. The molecular weight excluding hydrogens is 230 g/mol. The highest BCUT2D eigenvalue weighted by Gasteiger charge is 2.27. The third-order valence-corrected chi connectivity index (χ3v) is 6.03. The summed E-state index contributed by atoms with van der Waals surface area (Å²) < 4.78 is 22.8. The van der Waals surface area contributed by atoms with E-state index in [1.165, 1.54) is 0 Å². The summed E-state index contributed by atoms with van der Waals surface area (Å²) in [5.74, 6) is 1.88. The van der Waals surface area contributed by atoms with Crippen LogP contribution in [-0.2, 0) is 9.84 Å². The fourth-order valence-corrected chi connectivity index (χ4v) is 3.55. The molecule has 0 rings (SSSR count). The summed E-state index contributed by atoms with van der Waals surface area (Å²) in [5, 5.41) is 0. The van der Waals surface area contributed by atoms with E-state index in [1.54, 1.807) is 32.5 Å². The largest absolute Gasteiger partial charge is 0.328 e. The highest BCUT2D eigenvalue weighted by Crippen LogP contribution is 2.17. The Bertz CT molecular complexity index is 266. The average molecular weight is 253 g/mol. The van der Waals surface area contributed by atoms with Gasteiger partial charge in [-0.1, -0.05) is 0 Å². The lowest BCUT2D eigenvalue weighted by Gasteiger charge is -2.18. The van der Waals surface area contributed by atoms with Gasteiger partial charge in [-0.3, -0.25) is 0 Å². The lowest BCUT2D eigenvalue weighted by molar-refractivity contribution is 0.562. The fraction of sp³-hybridized carbons (Fsp3) is 1.00. The van der Waals surface area contributed by atoms with Crippen LogP contribution in [0.3, 0.4) is 0 Å². The summed E-state index contributed by atoms with van der Waals surface area (Å²) in [6, 6.07) is 0.205.